The lowest BCUT2D eigenvalue weighted by Crippen LogP contribution is -2.24. The van der Waals surface area contributed by atoms with E-state index >= 15 is 0 Å². The zero-order chi connectivity index (χ0) is 38.9. The van der Waals surface area contributed by atoms with Crippen molar-refractivity contribution in [3.05, 3.63) is 82.7 Å². The van der Waals surface area contributed by atoms with Crippen molar-refractivity contribution >= 4 is 101 Å². The number of halogens is 6. The molecule has 0 saturated heterocycles. The van der Waals surface area contributed by atoms with Crippen LogP contribution in [0.15, 0.2) is 50.5 Å². The topological polar surface area (TPSA) is 175 Å². The number of pyridine rings is 1. The van der Waals surface area contributed by atoms with Crippen LogP contribution in [0.25, 0.3) is 11.0 Å². The lowest BCUT2D eigenvalue weighted by molar-refractivity contribution is -0.131. The highest BCUT2D eigenvalue weighted by atomic mass is 79.9. The minimum Gasteiger partial charge on any atom is -0.478 e. The van der Waals surface area contributed by atoms with Crippen molar-refractivity contribution in [3.63, 3.8) is 0 Å². The van der Waals surface area contributed by atoms with E-state index < -0.39 is 5.97 Å². The molecule has 0 spiro atoms. The van der Waals surface area contributed by atoms with E-state index in [1.54, 1.807) is 30.0 Å². The monoisotopic (exact) mass is 935 g/mol. The first-order valence-electron chi connectivity index (χ1n) is 17.2. The van der Waals surface area contributed by atoms with Gasteiger partial charge in [-0.2, -0.15) is 9.97 Å². The molecule has 4 N–H and O–H groups in total. The molecule has 3 saturated carbocycles. The normalized spacial score (nSPS) is 15.8. The lowest BCUT2D eigenvalue weighted by Gasteiger charge is -2.16. The van der Waals surface area contributed by atoms with Gasteiger partial charge in [-0.25, -0.2) is 24.7 Å². The highest BCUT2D eigenvalue weighted by Crippen LogP contribution is 2.31. The summed E-state index contributed by atoms with van der Waals surface area (Å²) in [5.74, 6) is -0.0885. The van der Waals surface area contributed by atoms with E-state index in [0.29, 0.717) is 27.4 Å². The molecule has 0 aliphatic heterocycles. The van der Waals surface area contributed by atoms with Crippen LogP contribution in [0, 0.1) is 6.92 Å². The summed E-state index contributed by atoms with van der Waals surface area (Å²) >= 11 is 29.0. The number of nitrogens with zero attached hydrogens (tertiary/aromatic N) is 7. The highest BCUT2D eigenvalue weighted by Gasteiger charge is 2.21. The van der Waals surface area contributed by atoms with Crippen LogP contribution in [0.3, 0.4) is 0 Å². The van der Waals surface area contributed by atoms with E-state index in [0.717, 1.165) is 40.2 Å². The van der Waals surface area contributed by atoms with Crippen molar-refractivity contribution < 1.29 is 9.90 Å². The van der Waals surface area contributed by atoms with Gasteiger partial charge in [-0.15, -0.1) is 0 Å². The van der Waals surface area contributed by atoms with Gasteiger partial charge in [0, 0.05) is 54.2 Å². The second-order valence-electron chi connectivity index (χ2n) is 12.5. The Labute approximate surface area is 346 Å². The number of aromatic nitrogens is 7. The van der Waals surface area contributed by atoms with E-state index in [1.807, 2.05) is 6.92 Å². The van der Waals surface area contributed by atoms with Gasteiger partial charge in [0.05, 0.1) is 8.95 Å². The van der Waals surface area contributed by atoms with Gasteiger partial charge in [0.25, 0.3) is 5.56 Å². The molecule has 4 heterocycles. The fraction of sp³-hybridized carbons (Fsp3) is 0.486. The third-order valence-electron chi connectivity index (χ3n) is 8.45. The third kappa shape index (κ3) is 15.7. The van der Waals surface area contributed by atoms with Crippen molar-refractivity contribution in [1.82, 2.24) is 34.5 Å². The Hall–Kier alpha value is -2.46. The van der Waals surface area contributed by atoms with Gasteiger partial charge in [-0.3, -0.25) is 9.36 Å². The van der Waals surface area contributed by atoms with Crippen LogP contribution in [0.4, 0.5) is 5.82 Å². The molecule has 3 aliphatic carbocycles. The number of hydrogen-bond acceptors (Lipinski definition) is 10. The molecule has 0 atom stereocenters. The van der Waals surface area contributed by atoms with Gasteiger partial charge in [-0.05, 0) is 125 Å². The zero-order valence-electron chi connectivity index (χ0n) is 29.4. The average Bonchev–Trinajstić information content (AvgIpc) is 3.92. The summed E-state index contributed by atoms with van der Waals surface area (Å²) in [6.45, 7) is 3.56. The van der Waals surface area contributed by atoms with Crippen LogP contribution >= 0.6 is 78.3 Å². The largest absolute Gasteiger partial charge is 0.478 e. The van der Waals surface area contributed by atoms with Gasteiger partial charge in [0.15, 0.2) is 0 Å². The van der Waals surface area contributed by atoms with Gasteiger partial charge in [0.1, 0.15) is 16.6 Å². The fourth-order valence-corrected chi connectivity index (χ4v) is 6.97. The Morgan fingerprint density at radius 1 is 0.849 bits per heavy atom. The Morgan fingerprint density at radius 3 is 1.89 bits per heavy atom. The molecule has 3 aliphatic rings. The minimum atomic E-state index is -0.891. The molecule has 12 nitrogen and oxygen atoms in total. The van der Waals surface area contributed by atoms with Gasteiger partial charge in [0.2, 0.25) is 15.9 Å². The molecule has 7 rings (SSSR count). The number of anilines is 1. The number of carboxylic acids is 1. The van der Waals surface area contributed by atoms with Gasteiger partial charge in [-0.1, -0.05) is 56.2 Å². The number of fused-ring (bicyclic) bond motifs is 1. The van der Waals surface area contributed by atoms with Gasteiger partial charge < -0.3 is 16.2 Å². The average molecular weight is 939 g/mol. The molecule has 4 aromatic heterocycles. The van der Waals surface area contributed by atoms with Crippen LogP contribution in [-0.4, -0.2) is 57.6 Å². The number of aryl methyl sites for hydroxylation is 1. The molecule has 3 fully saturated rings. The molecule has 0 unspecified atom stereocenters. The predicted octanol–water partition coefficient (Wildman–Crippen LogP) is 10.2. The van der Waals surface area contributed by atoms with E-state index in [9.17, 15) is 9.59 Å². The summed E-state index contributed by atoms with van der Waals surface area (Å²) in [4.78, 5) is 45.3. The number of nitrogens with one attached hydrogen (secondary N) is 1. The highest BCUT2D eigenvalue weighted by molar-refractivity contribution is 9.11. The van der Waals surface area contributed by atoms with Crippen LogP contribution in [-0.2, 0) is 4.79 Å². The SMILES string of the molecule is C/C=C/C(=O)O.Cc1cc(=O)n(C2CCCC2)c2nc(Cl)ncc12.Clc1ncc(Br)c(Cl)n1.Clc1ncc(Br)c(NC2CCCC2)n1.NC1CCCC1. The quantitative estimate of drug-likeness (QED) is 0.101. The Kier molecular flexibility index (Phi) is 19.9. The Balaban J connectivity index is 0.000000192. The molecular weight excluding hydrogens is 896 g/mol. The maximum absolute atomic E-state index is 12.2. The zero-order valence-corrected chi connectivity index (χ0v) is 35.6. The van der Waals surface area contributed by atoms with Gasteiger partial charge >= 0.3 is 5.97 Å². The summed E-state index contributed by atoms with van der Waals surface area (Å²) in [6.07, 6.45) is 22.1. The minimum absolute atomic E-state index is 0.0154. The Bertz CT molecular complexity index is 1870. The third-order valence-corrected chi connectivity index (χ3v) is 10.7. The first-order valence-corrected chi connectivity index (χ1v) is 20.3. The van der Waals surface area contributed by atoms with E-state index in [4.69, 9.17) is 57.2 Å². The van der Waals surface area contributed by atoms with Crippen LogP contribution < -0.4 is 16.6 Å². The Morgan fingerprint density at radius 2 is 1.38 bits per heavy atom. The molecule has 18 heteroatoms. The van der Waals surface area contributed by atoms with E-state index in [1.165, 1.54) is 76.5 Å². The van der Waals surface area contributed by atoms with Crippen molar-refractivity contribution in [3.8, 4) is 0 Å². The maximum atomic E-state index is 12.2. The number of hydrogen-bond donors (Lipinski definition) is 3. The maximum Gasteiger partial charge on any atom is 0.327 e. The molecule has 4 aromatic rings. The number of nitrogens with two attached hydrogens (primary N) is 1. The van der Waals surface area contributed by atoms with E-state index in [-0.39, 0.29) is 27.5 Å². The predicted molar refractivity (Wildman–Crippen MR) is 220 cm³/mol. The molecule has 0 amide bonds. The lowest BCUT2D eigenvalue weighted by atomic mass is 10.1. The summed E-state index contributed by atoms with van der Waals surface area (Å²) in [5, 5.41) is 13.1. The molecule has 53 heavy (non-hydrogen) atoms. The number of allylic oxidation sites excluding steroid dienone is 1. The first-order chi connectivity index (χ1) is 25.3. The fourth-order valence-electron chi connectivity index (χ4n) is 5.90. The molecule has 0 radical (unpaired) electrons. The summed E-state index contributed by atoms with van der Waals surface area (Å²) in [7, 11) is 0. The molecule has 0 aromatic carbocycles. The first kappa shape index (κ1) is 44.9. The molecule has 288 valence electrons. The number of rotatable bonds is 4. The summed E-state index contributed by atoms with van der Waals surface area (Å²) < 4.78 is 3.31. The second kappa shape index (κ2) is 23.5. The number of aliphatic carboxylic acids is 1. The number of carboxylic acid groups (broad SMARTS) is 1. The second-order valence-corrected chi connectivity index (χ2v) is 15.6. The standard InChI is InChI=1S/C13H14ClN3O.C9H11BrClN3.C5H11N.C4HBrCl2N2.C4H6O2/c1-8-6-11(18)17(9-4-2-3-5-9)12-10(8)7-15-13(14)16-12;10-7-5-12-9(11)14-8(7)13-6-3-1-2-4-6;6-5-3-1-2-4-5;5-2-1-8-4(7)9-3(2)6;1-2-3-4(5)6/h6-7,9H,2-5H2,1H3;5-6H,1-4H2,(H,12,13,14);5H,1-4,6H2;1H;2-3H,1H3,(H,5,6)/b;;;;3-2+. The van der Waals surface area contributed by atoms with Crippen molar-refractivity contribution in [2.75, 3.05) is 5.32 Å². The van der Waals surface area contributed by atoms with E-state index in [2.05, 4.69) is 67.1 Å². The van der Waals surface area contributed by atoms with Crippen molar-refractivity contribution in [1.29, 1.82) is 0 Å². The van der Waals surface area contributed by atoms with Crippen LogP contribution in [0.1, 0.15) is 95.6 Å². The smallest absolute Gasteiger partial charge is 0.327 e. The summed E-state index contributed by atoms with van der Waals surface area (Å²) in [5.41, 5.74) is 7.13. The summed E-state index contributed by atoms with van der Waals surface area (Å²) in [6, 6.07) is 3.01. The number of carbonyl (C=O) groups is 1. The van der Waals surface area contributed by atoms with Crippen LogP contribution in [0.5, 0.6) is 0 Å². The van der Waals surface area contributed by atoms with Crippen molar-refractivity contribution in [2.45, 2.75) is 109 Å². The van der Waals surface area contributed by atoms with Crippen LogP contribution in [0.2, 0.25) is 21.0 Å². The molecular formula is C35H43Br2Cl4N9O3. The molecule has 0 bridgehead atoms. The van der Waals surface area contributed by atoms with Crippen molar-refractivity contribution in [2.24, 2.45) is 5.73 Å².